The Balaban J connectivity index is 1.16. The van der Waals surface area contributed by atoms with Crippen molar-refractivity contribution in [3.63, 3.8) is 0 Å². The van der Waals surface area contributed by atoms with Gasteiger partial charge in [-0.1, -0.05) is 41.4 Å². The summed E-state index contributed by atoms with van der Waals surface area (Å²) in [6.45, 7) is 5.73. The van der Waals surface area contributed by atoms with Gasteiger partial charge < -0.3 is 9.64 Å². The molecule has 0 atom stereocenters. The second-order valence-corrected chi connectivity index (χ2v) is 8.58. The van der Waals surface area contributed by atoms with E-state index in [2.05, 4.69) is 9.80 Å². The van der Waals surface area contributed by atoms with E-state index in [-0.39, 0.29) is 5.78 Å². The van der Waals surface area contributed by atoms with Gasteiger partial charge in [0.25, 0.3) is 0 Å². The molecule has 1 saturated heterocycles. The highest BCUT2D eigenvalue weighted by atomic mass is 35.5. The maximum absolute atomic E-state index is 11.6. The first-order valence-electron chi connectivity index (χ1n) is 10.5. The number of rotatable bonds is 7. The largest absolute Gasteiger partial charge is 0.494 e. The smallest absolute Gasteiger partial charge is 0.160 e. The lowest BCUT2D eigenvalue weighted by Gasteiger charge is -2.36. The van der Waals surface area contributed by atoms with E-state index in [1.54, 1.807) is 6.08 Å². The van der Waals surface area contributed by atoms with E-state index in [0.717, 1.165) is 68.1 Å². The summed E-state index contributed by atoms with van der Waals surface area (Å²) >= 11 is 12.5. The van der Waals surface area contributed by atoms with Crippen LogP contribution in [0.1, 0.15) is 24.0 Å². The molecule has 1 aliphatic heterocycles. The Morgan fingerprint density at radius 2 is 1.80 bits per heavy atom. The number of anilines is 1. The van der Waals surface area contributed by atoms with Crippen LogP contribution in [0.3, 0.4) is 0 Å². The summed E-state index contributed by atoms with van der Waals surface area (Å²) in [5.74, 6) is 1.00. The molecule has 4 rings (SSSR count). The van der Waals surface area contributed by atoms with Crippen LogP contribution in [0.5, 0.6) is 5.75 Å². The van der Waals surface area contributed by atoms with Crippen LogP contribution in [-0.4, -0.2) is 50.0 Å². The molecule has 1 fully saturated rings. The van der Waals surface area contributed by atoms with Crippen LogP contribution >= 0.6 is 23.2 Å². The van der Waals surface area contributed by atoms with Crippen molar-refractivity contribution in [2.24, 2.45) is 0 Å². The quantitative estimate of drug-likeness (QED) is 0.555. The maximum atomic E-state index is 11.6. The molecule has 0 bridgehead atoms. The van der Waals surface area contributed by atoms with Crippen LogP contribution in [0.2, 0.25) is 10.0 Å². The molecule has 0 saturated carbocycles. The van der Waals surface area contributed by atoms with Crippen LogP contribution in [0, 0.1) is 0 Å². The summed E-state index contributed by atoms with van der Waals surface area (Å²) < 4.78 is 5.91. The van der Waals surface area contributed by atoms with E-state index >= 15 is 0 Å². The first kappa shape index (κ1) is 21.2. The van der Waals surface area contributed by atoms with Crippen LogP contribution in [0.15, 0.2) is 42.5 Å². The molecule has 0 aromatic heterocycles. The topological polar surface area (TPSA) is 32.8 Å². The number of carbonyl (C=O) groups excluding carboxylic acids is 1. The molecule has 0 unspecified atom stereocenters. The molecule has 2 aromatic carbocycles. The molecule has 2 aromatic rings. The monoisotopic (exact) mass is 444 g/mol. The lowest BCUT2D eigenvalue weighted by Crippen LogP contribution is -2.46. The third-order valence-corrected chi connectivity index (χ3v) is 6.52. The Kier molecular flexibility index (Phi) is 6.98. The van der Waals surface area contributed by atoms with Gasteiger partial charge in [0.15, 0.2) is 5.78 Å². The molecule has 4 nitrogen and oxygen atoms in total. The Morgan fingerprint density at radius 3 is 2.63 bits per heavy atom. The maximum Gasteiger partial charge on any atom is 0.160 e. The van der Waals surface area contributed by atoms with E-state index in [4.69, 9.17) is 27.9 Å². The number of ketones is 1. The van der Waals surface area contributed by atoms with Gasteiger partial charge in [0.2, 0.25) is 0 Å². The number of halogens is 2. The van der Waals surface area contributed by atoms with Gasteiger partial charge in [0, 0.05) is 32.6 Å². The minimum absolute atomic E-state index is 0.150. The highest BCUT2D eigenvalue weighted by molar-refractivity contribution is 6.43. The van der Waals surface area contributed by atoms with Crippen molar-refractivity contribution in [1.29, 1.82) is 0 Å². The molecule has 158 valence electrons. The fraction of sp³-hybridized carbons (Fsp3) is 0.375. The standard InChI is InChI=1S/C24H26Cl2N2O2/c25-22-4-3-5-23(24(22)26)28-13-11-27(12-14-28)10-1-2-15-30-21-9-7-18-6-8-20(29)16-19(18)17-21/h3-9,17H,1-2,10-16H2. The van der Waals surface area contributed by atoms with E-state index in [0.29, 0.717) is 23.1 Å². The molecular weight excluding hydrogens is 419 g/mol. The lowest BCUT2D eigenvalue weighted by atomic mass is 9.96. The number of hydrogen-bond acceptors (Lipinski definition) is 4. The van der Waals surface area contributed by atoms with Gasteiger partial charge in [0.05, 0.1) is 22.3 Å². The zero-order chi connectivity index (χ0) is 20.9. The Bertz CT molecular complexity index is 937. The third kappa shape index (κ3) is 5.18. The molecular formula is C24H26Cl2N2O2. The number of carbonyl (C=O) groups is 1. The van der Waals surface area contributed by atoms with Crippen LogP contribution < -0.4 is 9.64 Å². The van der Waals surface area contributed by atoms with Gasteiger partial charge >= 0.3 is 0 Å². The predicted octanol–water partition coefficient (Wildman–Crippen LogP) is 5.11. The lowest BCUT2D eigenvalue weighted by molar-refractivity contribution is -0.114. The molecule has 30 heavy (non-hydrogen) atoms. The number of allylic oxidation sites excluding steroid dienone is 1. The molecule has 0 amide bonds. The summed E-state index contributed by atoms with van der Waals surface area (Å²) in [6, 6.07) is 11.8. The predicted molar refractivity (Wildman–Crippen MR) is 124 cm³/mol. The van der Waals surface area contributed by atoms with Crippen molar-refractivity contribution in [3.05, 3.63) is 63.6 Å². The normalized spacial score (nSPS) is 16.6. The van der Waals surface area contributed by atoms with E-state index in [9.17, 15) is 4.79 Å². The average Bonchev–Trinajstić information content (AvgIpc) is 2.76. The molecule has 1 aliphatic carbocycles. The molecule has 1 heterocycles. The Morgan fingerprint density at radius 1 is 0.967 bits per heavy atom. The number of fused-ring (bicyclic) bond motifs is 1. The number of piperazine rings is 1. The van der Waals surface area contributed by atoms with Crippen LogP contribution in [0.4, 0.5) is 5.69 Å². The van der Waals surface area contributed by atoms with Crippen molar-refractivity contribution in [3.8, 4) is 5.75 Å². The summed E-state index contributed by atoms with van der Waals surface area (Å²) in [5, 5.41) is 1.26. The van der Waals surface area contributed by atoms with Crippen molar-refractivity contribution in [2.45, 2.75) is 19.3 Å². The summed E-state index contributed by atoms with van der Waals surface area (Å²) in [4.78, 5) is 16.4. The number of hydrogen-bond donors (Lipinski definition) is 0. The first-order valence-corrected chi connectivity index (χ1v) is 11.2. The minimum Gasteiger partial charge on any atom is -0.494 e. The van der Waals surface area contributed by atoms with Gasteiger partial charge in [-0.05, 0) is 60.9 Å². The molecule has 6 heteroatoms. The van der Waals surface area contributed by atoms with Gasteiger partial charge in [-0.25, -0.2) is 0 Å². The van der Waals surface area contributed by atoms with Crippen molar-refractivity contribution < 1.29 is 9.53 Å². The number of ether oxygens (including phenoxy) is 1. The number of benzene rings is 2. The molecule has 0 N–H and O–H groups in total. The zero-order valence-electron chi connectivity index (χ0n) is 16.9. The van der Waals surface area contributed by atoms with Crippen molar-refractivity contribution in [2.75, 3.05) is 44.2 Å². The van der Waals surface area contributed by atoms with Crippen molar-refractivity contribution >= 4 is 40.7 Å². The highest BCUT2D eigenvalue weighted by Crippen LogP contribution is 2.32. The first-order chi connectivity index (χ1) is 14.6. The summed E-state index contributed by atoms with van der Waals surface area (Å²) in [7, 11) is 0. The van der Waals surface area contributed by atoms with Gasteiger partial charge in [-0.2, -0.15) is 0 Å². The van der Waals surface area contributed by atoms with Gasteiger partial charge in [0.1, 0.15) is 5.75 Å². The fourth-order valence-electron chi connectivity index (χ4n) is 3.99. The Hall–Kier alpha value is -2.01. The molecule has 2 aliphatic rings. The van der Waals surface area contributed by atoms with Gasteiger partial charge in [-0.3, -0.25) is 9.69 Å². The second-order valence-electron chi connectivity index (χ2n) is 7.79. The van der Waals surface area contributed by atoms with E-state index in [1.165, 1.54) is 0 Å². The zero-order valence-corrected chi connectivity index (χ0v) is 18.5. The van der Waals surface area contributed by atoms with Gasteiger partial charge in [-0.15, -0.1) is 0 Å². The average molecular weight is 445 g/mol. The van der Waals surface area contributed by atoms with E-state index in [1.807, 2.05) is 42.5 Å². The number of unbranched alkanes of at least 4 members (excludes halogenated alkanes) is 1. The minimum atomic E-state index is 0.150. The SMILES string of the molecule is O=C1C=Cc2ccc(OCCCCN3CCN(c4cccc(Cl)c4Cl)CC3)cc2C1. The van der Waals surface area contributed by atoms with Crippen molar-refractivity contribution in [1.82, 2.24) is 4.90 Å². The second kappa shape index (κ2) is 9.86. The molecule has 0 radical (unpaired) electrons. The molecule has 0 spiro atoms. The third-order valence-electron chi connectivity index (χ3n) is 5.71. The Labute approximate surface area is 188 Å². The van der Waals surface area contributed by atoms with E-state index < -0.39 is 0 Å². The summed E-state index contributed by atoms with van der Waals surface area (Å²) in [5.41, 5.74) is 3.19. The highest BCUT2D eigenvalue weighted by Gasteiger charge is 2.19. The fourth-order valence-corrected chi connectivity index (χ4v) is 4.41. The van der Waals surface area contributed by atoms with Crippen LogP contribution in [0.25, 0.3) is 6.08 Å². The number of nitrogens with zero attached hydrogens (tertiary/aromatic N) is 2. The summed E-state index contributed by atoms with van der Waals surface area (Å²) in [6.07, 6.45) is 6.10. The van der Waals surface area contributed by atoms with Crippen LogP contribution in [-0.2, 0) is 11.2 Å².